The number of hydrogen-bond donors (Lipinski definition) is 1. The van der Waals surface area contributed by atoms with Gasteiger partial charge in [0, 0.05) is 32.4 Å². The summed E-state index contributed by atoms with van der Waals surface area (Å²) >= 11 is 0. The lowest BCUT2D eigenvalue weighted by Crippen LogP contribution is -2.35. The molecule has 0 saturated carbocycles. The van der Waals surface area contributed by atoms with Gasteiger partial charge in [0.2, 0.25) is 17.7 Å². The summed E-state index contributed by atoms with van der Waals surface area (Å²) in [4.78, 5) is 34.8. The molecule has 0 aromatic heterocycles. The zero-order chi connectivity index (χ0) is 15.2. The quantitative estimate of drug-likeness (QED) is 0.539. The number of rotatable bonds is 7. The Kier molecular flexibility index (Phi) is 5.93. The third-order valence-electron chi connectivity index (χ3n) is 2.55. The van der Waals surface area contributed by atoms with Gasteiger partial charge in [-0.15, -0.1) is 0 Å². The number of nitrogens with one attached hydrogen (secondary N) is 1. The van der Waals surface area contributed by atoms with E-state index in [1.54, 1.807) is 0 Å². The van der Waals surface area contributed by atoms with Gasteiger partial charge in [0.25, 0.3) is 0 Å². The molecular weight excluding hydrogens is 281 g/mol. The number of imide groups is 1. The smallest absolute Gasteiger partial charge is 0.370 e. The second kappa shape index (κ2) is 7.22. The van der Waals surface area contributed by atoms with Crippen molar-refractivity contribution in [2.75, 3.05) is 26.3 Å². The van der Waals surface area contributed by atoms with Crippen molar-refractivity contribution >= 4 is 17.7 Å². The number of likely N-dealkylation sites (tertiary alicyclic amines) is 1. The Morgan fingerprint density at radius 1 is 1.25 bits per heavy atom. The molecule has 20 heavy (non-hydrogen) atoms. The number of hydrogen-bond acceptors (Lipinski definition) is 4. The first-order chi connectivity index (χ1) is 9.29. The molecule has 0 radical (unpaired) electrons. The average Bonchev–Trinajstić information content (AvgIpc) is 2.65. The van der Waals surface area contributed by atoms with E-state index in [2.05, 4.69) is 10.1 Å². The maximum absolute atomic E-state index is 11.7. The summed E-state index contributed by atoms with van der Waals surface area (Å²) < 4.78 is 39.5. The average molecular weight is 296 g/mol. The molecule has 0 bridgehead atoms. The number of carbonyl (C=O) groups is 3. The Labute approximate surface area is 113 Å². The van der Waals surface area contributed by atoms with Crippen LogP contribution >= 0.6 is 0 Å². The molecule has 1 aliphatic heterocycles. The highest BCUT2D eigenvalue weighted by Gasteiger charge is 2.29. The van der Waals surface area contributed by atoms with Crippen molar-refractivity contribution in [2.24, 2.45) is 0 Å². The summed E-state index contributed by atoms with van der Waals surface area (Å²) in [6.45, 7) is -1.68. The normalized spacial score (nSPS) is 15.8. The molecule has 0 atom stereocenters. The van der Waals surface area contributed by atoms with Crippen LogP contribution in [-0.2, 0) is 19.1 Å². The molecule has 3 amide bonds. The molecule has 1 saturated heterocycles. The van der Waals surface area contributed by atoms with Crippen LogP contribution in [0.15, 0.2) is 0 Å². The Hall–Kier alpha value is -1.64. The minimum Gasteiger partial charge on any atom is -0.370 e. The van der Waals surface area contributed by atoms with Gasteiger partial charge < -0.3 is 10.1 Å². The van der Waals surface area contributed by atoms with E-state index in [1.807, 2.05) is 0 Å². The van der Waals surface area contributed by atoms with Crippen LogP contribution in [0.5, 0.6) is 0 Å². The second-order valence-corrected chi connectivity index (χ2v) is 4.21. The predicted molar refractivity (Wildman–Crippen MR) is 60.5 cm³/mol. The molecule has 1 N–H and O–H groups in total. The number of nitrogens with zero attached hydrogens (tertiary/aromatic N) is 1. The van der Waals surface area contributed by atoms with E-state index in [0.29, 0.717) is 0 Å². The SMILES string of the molecule is O=C(CCN1C(=O)CCC1=O)NCCOCC(F)(F)F. The zero-order valence-electron chi connectivity index (χ0n) is 10.7. The molecule has 0 aromatic carbocycles. The largest absolute Gasteiger partial charge is 0.411 e. The van der Waals surface area contributed by atoms with E-state index in [0.717, 1.165) is 4.90 Å². The summed E-state index contributed by atoms with van der Waals surface area (Å²) in [5, 5.41) is 2.34. The van der Waals surface area contributed by atoms with Crippen LogP contribution in [0.3, 0.4) is 0 Å². The fraction of sp³-hybridized carbons (Fsp3) is 0.727. The first-order valence-electron chi connectivity index (χ1n) is 6.04. The fourth-order valence-corrected chi connectivity index (χ4v) is 1.62. The lowest BCUT2D eigenvalue weighted by molar-refractivity contribution is -0.173. The lowest BCUT2D eigenvalue weighted by Gasteiger charge is -2.13. The predicted octanol–water partition coefficient (Wildman–Crippen LogP) is 0.221. The number of alkyl halides is 3. The molecule has 1 aliphatic rings. The van der Waals surface area contributed by atoms with Gasteiger partial charge in [0.15, 0.2) is 0 Å². The summed E-state index contributed by atoms with van der Waals surface area (Å²) in [5.74, 6) is -1.07. The van der Waals surface area contributed by atoms with Crippen molar-refractivity contribution in [3.05, 3.63) is 0 Å². The van der Waals surface area contributed by atoms with Crippen molar-refractivity contribution in [1.82, 2.24) is 10.2 Å². The van der Waals surface area contributed by atoms with E-state index in [4.69, 9.17) is 0 Å². The Morgan fingerprint density at radius 2 is 1.85 bits per heavy atom. The Bertz CT molecular complexity index is 368. The van der Waals surface area contributed by atoms with Gasteiger partial charge >= 0.3 is 6.18 Å². The molecule has 0 unspecified atom stereocenters. The van der Waals surface area contributed by atoms with Gasteiger partial charge in [0.05, 0.1) is 6.61 Å². The molecule has 9 heteroatoms. The summed E-state index contributed by atoms with van der Waals surface area (Å²) in [5.41, 5.74) is 0. The molecule has 0 spiro atoms. The van der Waals surface area contributed by atoms with Crippen molar-refractivity contribution < 1.29 is 32.3 Å². The maximum atomic E-state index is 11.7. The van der Waals surface area contributed by atoms with Gasteiger partial charge in [-0.05, 0) is 0 Å². The minimum atomic E-state index is -4.39. The Balaban J connectivity index is 2.09. The topological polar surface area (TPSA) is 75.7 Å². The van der Waals surface area contributed by atoms with Gasteiger partial charge in [-0.3, -0.25) is 19.3 Å². The van der Waals surface area contributed by atoms with Crippen LogP contribution in [0.25, 0.3) is 0 Å². The van der Waals surface area contributed by atoms with Gasteiger partial charge in [-0.25, -0.2) is 0 Å². The molecular formula is C11H15F3N2O4. The zero-order valence-corrected chi connectivity index (χ0v) is 10.7. The van der Waals surface area contributed by atoms with Crippen LogP contribution < -0.4 is 5.32 Å². The first kappa shape index (κ1) is 16.4. The number of halogens is 3. The maximum Gasteiger partial charge on any atom is 0.411 e. The second-order valence-electron chi connectivity index (χ2n) is 4.21. The van der Waals surface area contributed by atoms with E-state index < -0.39 is 18.7 Å². The third kappa shape index (κ3) is 6.00. The van der Waals surface area contributed by atoms with Crippen molar-refractivity contribution in [3.8, 4) is 0 Å². The molecule has 114 valence electrons. The van der Waals surface area contributed by atoms with Crippen LogP contribution in [0.1, 0.15) is 19.3 Å². The Morgan fingerprint density at radius 3 is 2.40 bits per heavy atom. The number of carbonyl (C=O) groups excluding carboxylic acids is 3. The van der Waals surface area contributed by atoms with Crippen molar-refractivity contribution in [2.45, 2.75) is 25.4 Å². The van der Waals surface area contributed by atoms with E-state index in [9.17, 15) is 27.6 Å². The van der Waals surface area contributed by atoms with Crippen LogP contribution in [0, 0.1) is 0 Å². The molecule has 0 aromatic rings. The molecule has 6 nitrogen and oxygen atoms in total. The monoisotopic (exact) mass is 296 g/mol. The van der Waals surface area contributed by atoms with E-state index in [1.165, 1.54) is 0 Å². The van der Waals surface area contributed by atoms with Crippen LogP contribution in [0.2, 0.25) is 0 Å². The van der Waals surface area contributed by atoms with E-state index >= 15 is 0 Å². The van der Waals surface area contributed by atoms with Gasteiger partial charge in [-0.1, -0.05) is 0 Å². The summed E-state index contributed by atoms with van der Waals surface area (Å²) in [6, 6.07) is 0. The van der Waals surface area contributed by atoms with Crippen molar-refractivity contribution in [1.29, 1.82) is 0 Å². The number of ether oxygens (including phenoxy) is 1. The first-order valence-corrected chi connectivity index (χ1v) is 6.04. The third-order valence-corrected chi connectivity index (χ3v) is 2.55. The summed E-state index contributed by atoms with van der Waals surface area (Å²) in [7, 11) is 0. The molecule has 1 heterocycles. The highest BCUT2D eigenvalue weighted by atomic mass is 19.4. The molecule has 0 aliphatic carbocycles. The number of amides is 3. The standard InChI is InChI=1S/C11H15F3N2O4/c12-11(13,14)7-20-6-4-15-8(17)3-5-16-9(18)1-2-10(16)19/h1-7H2,(H,15,17). The fourth-order valence-electron chi connectivity index (χ4n) is 1.62. The van der Waals surface area contributed by atoms with Crippen molar-refractivity contribution in [3.63, 3.8) is 0 Å². The van der Waals surface area contributed by atoms with Crippen LogP contribution in [-0.4, -0.2) is 55.1 Å². The minimum absolute atomic E-state index is 0.00704. The van der Waals surface area contributed by atoms with E-state index in [-0.39, 0.29) is 50.8 Å². The molecule has 1 rings (SSSR count). The highest BCUT2D eigenvalue weighted by Crippen LogP contribution is 2.14. The lowest BCUT2D eigenvalue weighted by atomic mass is 10.3. The summed E-state index contributed by atoms with van der Waals surface area (Å²) in [6.07, 6.45) is -4.14. The highest BCUT2D eigenvalue weighted by molar-refractivity contribution is 6.02. The van der Waals surface area contributed by atoms with Gasteiger partial charge in [-0.2, -0.15) is 13.2 Å². The van der Waals surface area contributed by atoms with Gasteiger partial charge in [0.1, 0.15) is 6.61 Å². The molecule has 1 fully saturated rings. The van der Waals surface area contributed by atoms with Crippen LogP contribution in [0.4, 0.5) is 13.2 Å².